The highest BCUT2D eigenvalue weighted by atomic mass is 16.6. The molecule has 0 unspecified atom stereocenters. The molecular weight excluding hydrogens is 514 g/mol. The first-order valence-corrected chi connectivity index (χ1v) is 14.0. The molecule has 0 fully saturated rings. The SMILES string of the molecule is CC(C)C[C@H](NC(=O)OCC1c2ccccc2-c2ccccc21)C(=O)OCc1ccc(COc2ccccc2)cc1. The lowest BCUT2D eigenvalue weighted by atomic mass is 9.98. The topological polar surface area (TPSA) is 73.9 Å². The number of esters is 1. The summed E-state index contributed by atoms with van der Waals surface area (Å²) in [5, 5.41) is 2.75. The van der Waals surface area contributed by atoms with Gasteiger partial charge in [-0.15, -0.1) is 0 Å². The van der Waals surface area contributed by atoms with Crippen LogP contribution in [0.4, 0.5) is 4.79 Å². The first-order valence-electron chi connectivity index (χ1n) is 14.0. The third-order valence-electron chi connectivity index (χ3n) is 7.18. The van der Waals surface area contributed by atoms with Crippen molar-refractivity contribution in [3.63, 3.8) is 0 Å². The van der Waals surface area contributed by atoms with Gasteiger partial charge in [-0.05, 0) is 57.9 Å². The molecule has 0 heterocycles. The summed E-state index contributed by atoms with van der Waals surface area (Å²) in [6.45, 7) is 4.74. The lowest BCUT2D eigenvalue weighted by Crippen LogP contribution is -2.43. The van der Waals surface area contributed by atoms with Gasteiger partial charge in [0.2, 0.25) is 0 Å². The van der Waals surface area contributed by atoms with E-state index < -0.39 is 18.1 Å². The molecule has 1 aliphatic carbocycles. The van der Waals surface area contributed by atoms with Crippen molar-refractivity contribution >= 4 is 12.1 Å². The summed E-state index contributed by atoms with van der Waals surface area (Å²) < 4.78 is 17.0. The Morgan fingerprint density at radius 2 is 1.27 bits per heavy atom. The van der Waals surface area contributed by atoms with E-state index in [-0.39, 0.29) is 25.0 Å². The zero-order valence-corrected chi connectivity index (χ0v) is 23.4. The number of carbonyl (C=O) groups excluding carboxylic acids is 2. The largest absolute Gasteiger partial charge is 0.489 e. The average Bonchev–Trinajstić information content (AvgIpc) is 3.32. The van der Waals surface area contributed by atoms with Crippen molar-refractivity contribution < 1.29 is 23.8 Å². The number of hydrogen-bond donors (Lipinski definition) is 1. The molecule has 1 aliphatic rings. The molecule has 4 aromatic rings. The molecule has 0 spiro atoms. The van der Waals surface area contributed by atoms with Crippen LogP contribution in [0.25, 0.3) is 11.1 Å². The predicted octanol–water partition coefficient (Wildman–Crippen LogP) is 7.26. The van der Waals surface area contributed by atoms with Crippen LogP contribution in [-0.4, -0.2) is 24.7 Å². The molecule has 0 saturated carbocycles. The number of para-hydroxylation sites is 1. The van der Waals surface area contributed by atoms with Crippen LogP contribution in [0.2, 0.25) is 0 Å². The van der Waals surface area contributed by atoms with Gasteiger partial charge in [-0.3, -0.25) is 0 Å². The van der Waals surface area contributed by atoms with E-state index in [9.17, 15) is 9.59 Å². The molecule has 6 heteroatoms. The molecule has 0 radical (unpaired) electrons. The highest BCUT2D eigenvalue weighted by Gasteiger charge is 2.30. The van der Waals surface area contributed by atoms with E-state index in [1.165, 1.54) is 0 Å². The van der Waals surface area contributed by atoms with Gasteiger partial charge in [0.15, 0.2) is 0 Å². The standard InChI is InChI=1S/C35H35NO5/c1-24(2)20-33(34(37)40-22-26-18-16-25(17-19-26)21-39-27-10-4-3-5-11-27)36-35(38)41-23-32-30-14-8-6-12-28(30)29-13-7-9-15-31(29)32/h3-19,24,32-33H,20-23H2,1-2H3,(H,36,38)/t33-/m0/s1. The number of fused-ring (bicyclic) bond motifs is 3. The van der Waals surface area contributed by atoms with Crippen molar-refractivity contribution in [2.24, 2.45) is 5.92 Å². The Hall–Kier alpha value is -4.58. The number of ether oxygens (including phenoxy) is 3. The Morgan fingerprint density at radius 3 is 1.88 bits per heavy atom. The number of nitrogens with one attached hydrogen (secondary N) is 1. The third kappa shape index (κ3) is 7.14. The Morgan fingerprint density at radius 1 is 0.707 bits per heavy atom. The first kappa shape index (κ1) is 28.0. The van der Waals surface area contributed by atoms with Crippen LogP contribution in [0.5, 0.6) is 5.75 Å². The first-order chi connectivity index (χ1) is 20.0. The Balaban J connectivity index is 1.14. The minimum atomic E-state index is -0.802. The van der Waals surface area contributed by atoms with E-state index in [0.717, 1.165) is 39.1 Å². The number of alkyl carbamates (subject to hydrolysis) is 1. The summed E-state index contributed by atoms with van der Waals surface area (Å²) in [7, 11) is 0. The highest BCUT2D eigenvalue weighted by Crippen LogP contribution is 2.44. The fourth-order valence-electron chi connectivity index (χ4n) is 5.14. The van der Waals surface area contributed by atoms with Gasteiger partial charge in [0.05, 0.1) is 0 Å². The lowest BCUT2D eigenvalue weighted by Gasteiger charge is -2.20. The Labute approximate surface area is 241 Å². The van der Waals surface area contributed by atoms with Gasteiger partial charge in [-0.2, -0.15) is 0 Å². The molecule has 0 aromatic heterocycles. The lowest BCUT2D eigenvalue weighted by molar-refractivity contribution is -0.147. The summed E-state index contributed by atoms with van der Waals surface area (Å²) >= 11 is 0. The highest BCUT2D eigenvalue weighted by molar-refractivity contribution is 5.82. The summed E-state index contributed by atoms with van der Waals surface area (Å²) in [4.78, 5) is 25.8. The zero-order chi connectivity index (χ0) is 28.6. The fourth-order valence-corrected chi connectivity index (χ4v) is 5.14. The summed E-state index contributed by atoms with van der Waals surface area (Å²) in [6, 6.07) is 32.9. The summed E-state index contributed by atoms with van der Waals surface area (Å²) in [5.74, 6) is 0.448. The molecule has 41 heavy (non-hydrogen) atoms. The van der Waals surface area contributed by atoms with Crippen molar-refractivity contribution in [1.29, 1.82) is 0 Å². The van der Waals surface area contributed by atoms with Crippen molar-refractivity contribution in [2.45, 2.75) is 45.4 Å². The Kier molecular flexibility index (Phi) is 8.99. The van der Waals surface area contributed by atoms with Gasteiger partial charge >= 0.3 is 12.1 Å². The smallest absolute Gasteiger partial charge is 0.407 e. The molecule has 1 N–H and O–H groups in total. The predicted molar refractivity (Wildman–Crippen MR) is 158 cm³/mol. The van der Waals surface area contributed by atoms with Gasteiger partial charge in [0, 0.05) is 5.92 Å². The zero-order valence-electron chi connectivity index (χ0n) is 23.4. The molecule has 1 amide bonds. The maximum absolute atomic E-state index is 13.0. The fraction of sp³-hybridized carbons (Fsp3) is 0.257. The normalized spacial score (nSPS) is 12.8. The van der Waals surface area contributed by atoms with E-state index in [4.69, 9.17) is 14.2 Å². The van der Waals surface area contributed by atoms with Crippen LogP contribution < -0.4 is 10.1 Å². The number of rotatable bonds is 11. The number of carbonyl (C=O) groups is 2. The number of hydrogen-bond acceptors (Lipinski definition) is 5. The van der Waals surface area contributed by atoms with Crippen molar-refractivity contribution in [2.75, 3.05) is 6.61 Å². The van der Waals surface area contributed by atoms with E-state index in [1.54, 1.807) is 0 Å². The molecular formula is C35H35NO5. The van der Waals surface area contributed by atoms with Gasteiger partial charge in [-0.1, -0.05) is 105 Å². The Bertz CT molecular complexity index is 1420. The summed E-state index contributed by atoms with van der Waals surface area (Å²) in [6.07, 6.45) is -0.184. The second-order valence-corrected chi connectivity index (χ2v) is 10.7. The third-order valence-corrected chi connectivity index (χ3v) is 7.18. The van der Waals surface area contributed by atoms with E-state index in [0.29, 0.717) is 13.0 Å². The molecule has 0 aliphatic heterocycles. The van der Waals surface area contributed by atoms with Gasteiger partial charge in [0.1, 0.15) is 31.6 Å². The molecule has 6 nitrogen and oxygen atoms in total. The van der Waals surface area contributed by atoms with Gasteiger partial charge in [0.25, 0.3) is 0 Å². The molecule has 0 bridgehead atoms. The van der Waals surface area contributed by atoms with E-state index in [1.807, 2.05) is 92.7 Å². The second kappa shape index (κ2) is 13.2. The maximum Gasteiger partial charge on any atom is 0.407 e. The van der Waals surface area contributed by atoms with Gasteiger partial charge < -0.3 is 19.5 Å². The van der Waals surface area contributed by atoms with Gasteiger partial charge in [-0.25, -0.2) is 9.59 Å². The second-order valence-electron chi connectivity index (χ2n) is 10.7. The quantitative estimate of drug-likeness (QED) is 0.199. The van der Waals surface area contributed by atoms with Crippen molar-refractivity contribution in [3.8, 4) is 16.9 Å². The molecule has 210 valence electrons. The van der Waals surface area contributed by atoms with Crippen LogP contribution in [-0.2, 0) is 27.5 Å². The van der Waals surface area contributed by atoms with Crippen molar-refractivity contribution in [3.05, 3.63) is 125 Å². The number of benzene rings is 4. The van der Waals surface area contributed by atoms with Crippen LogP contribution in [0, 0.1) is 5.92 Å². The molecule has 4 aromatic carbocycles. The maximum atomic E-state index is 13.0. The summed E-state index contributed by atoms with van der Waals surface area (Å²) in [5.41, 5.74) is 6.46. The number of amides is 1. The molecule has 0 saturated heterocycles. The monoisotopic (exact) mass is 549 g/mol. The minimum absolute atomic E-state index is 0.0512. The average molecular weight is 550 g/mol. The van der Waals surface area contributed by atoms with Crippen LogP contribution in [0.15, 0.2) is 103 Å². The van der Waals surface area contributed by atoms with Crippen LogP contribution >= 0.6 is 0 Å². The van der Waals surface area contributed by atoms with Crippen molar-refractivity contribution in [1.82, 2.24) is 5.32 Å². The molecule has 1 atom stereocenters. The van der Waals surface area contributed by atoms with E-state index in [2.05, 4.69) is 29.6 Å². The molecule has 5 rings (SSSR count). The van der Waals surface area contributed by atoms with Crippen LogP contribution in [0.1, 0.15) is 48.4 Å². The minimum Gasteiger partial charge on any atom is -0.489 e. The van der Waals surface area contributed by atoms with E-state index >= 15 is 0 Å². The van der Waals surface area contributed by atoms with Crippen LogP contribution in [0.3, 0.4) is 0 Å².